The Bertz CT molecular complexity index is 223. The van der Waals surface area contributed by atoms with Crippen LogP contribution in [0, 0.1) is 5.41 Å². The molecule has 2 nitrogen and oxygen atoms in total. The number of rotatable bonds is 2. The fraction of sp³-hybridized carbons (Fsp3) is 1.00. The summed E-state index contributed by atoms with van der Waals surface area (Å²) in [6.45, 7) is 12.1. The Labute approximate surface area is 101 Å². The molecule has 1 spiro atoms. The zero-order valence-corrected chi connectivity index (χ0v) is 11.3. The summed E-state index contributed by atoms with van der Waals surface area (Å²) < 4.78 is 0. The number of nitrogens with zero attached hydrogens (tertiary/aromatic N) is 1. The summed E-state index contributed by atoms with van der Waals surface area (Å²) in [4.78, 5) is 2.69. The third-order valence-electron chi connectivity index (χ3n) is 4.19. The van der Waals surface area contributed by atoms with Crippen molar-refractivity contribution in [1.29, 1.82) is 0 Å². The van der Waals surface area contributed by atoms with E-state index in [0.29, 0.717) is 11.0 Å². The van der Waals surface area contributed by atoms with Gasteiger partial charge in [-0.25, -0.2) is 0 Å². The van der Waals surface area contributed by atoms with E-state index < -0.39 is 0 Å². The van der Waals surface area contributed by atoms with Crippen molar-refractivity contribution in [3.05, 3.63) is 0 Å². The van der Waals surface area contributed by atoms with Gasteiger partial charge in [-0.1, -0.05) is 33.6 Å². The van der Waals surface area contributed by atoms with Gasteiger partial charge in [-0.3, -0.25) is 0 Å². The van der Waals surface area contributed by atoms with Crippen LogP contribution < -0.4 is 5.32 Å². The maximum atomic E-state index is 3.78. The van der Waals surface area contributed by atoms with Gasteiger partial charge in [0.25, 0.3) is 0 Å². The summed E-state index contributed by atoms with van der Waals surface area (Å²) in [5, 5.41) is 3.78. The van der Waals surface area contributed by atoms with Crippen molar-refractivity contribution in [1.82, 2.24) is 10.2 Å². The lowest BCUT2D eigenvalue weighted by Crippen LogP contribution is -2.59. The van der Waals surface area contributed by atoms with Crippen LogP contribution in [0.5, 0.6) is 0 Å². The quantitative estimate of drug-likeness (QED) is 0.776. The molecule has 1 aliphatic heterocycles. The first-order valence-corrected chi connectivity index (χ1v) is 6.97. The summed E-state index contributed by atoms with van der Waals surface area (Å²) in [6.07, 6.45) is 6.99. The molecule has 1 heterocycles. The summed E-state index contributed by atoms with van der Waals surface area (Å²) in [7, 11) is 0. The zero-order valence-electron chi connectivity index (χ0n) is 11.3. The minimum absolute atomic E-state index is 0.480. The van der Waals surface area contributed by atoms with Gasteiger partial charge in [-0.15, -0.1) is 0 Å². The van der Waals surface area contributed by atoms with Crippen LogP contribution in [0.25, 0.3) is 0 Å². The molecule has 0 bridgehead atoms. The average Bonchev–Trinajstić information content (AvgIpc) is 2.63. The standard InChI is InChI=1S/C14H28N2/c1-13(2,3)8-10-16-11-9-15-14(12-16)6-4-5-7-14/h15H,4-12H2,1-3H3. The fourth-order valence-electron chi connectivity index (χ4n) is 3.11. The third kappa shape index (κ3) is 3.21. The third-order valence-corrected chi connectivity index (χ3v) is 4.19. The summed E-state index contributed by atoms with van der Waals surface area (Å²) in [5.74, 6) is 0. The van der Waals surface area contributed by atoms with Gasteiger partial charge < -0.3 is 10.2 Å². The van der Waals surface area contributed by atoms with Crippen molar-refractivity contribution in [2.45, 2.75) is 58.4 Å². The van der Waals surface area contributed by atoms with Crippen molar-refractivity contribution in [2.24, 2.45) is 5.41 Å². The minimum atomic E-state index is 0.480. The van der Waals surface area contributed by atoms with Gasteiger partial charge >= 0.3 is 0 Å². The van der Waals surface area contributed by atoms with Crippen molar-refractivity contribution in [2.75, 3.05) is 26.2 Å². The van der Waals surface area contributed by atoms with Crippen molar-refractivity contribution >= 4 is 0 Å². The fourth-order valence-corrected chi connectivity index (χ4v) is 3.11. The summed E-state index contributed by atoms with van der Waals surface area (Å²) in [5.41, 5.74) is 0.976. The van der Waals surface area contributed by atoms with Crippen LogP contribution in [0.2, 0.25) is 0 Å². The first-order chi connectivity index (χ1) is 7.49. The summed E-state index contributed by atoms with van der Waals surface area (Å²) in [6, 6.07) is 0. The van der Waals surface area contributed by atoms with Gasteiger partial charge in [-0.05, 0) is 31.2 Å². The molecule has 1 aliphatic carbocycles. The number of nitrogens with one attached hydrogen (secondary N) is 1. The largest absolute Gasteiger partial charge is 0.309 e. The molecule has 0 atom stereocenters. The highest BCUT2D eigenvalue weighted by Gasteiger charge is 2.37. The van der Waals surface area contributed by atoms with Crippen LogP contribution in [0.15, 0.2) is 0 Å². The lowest BCUT2D eigenvalue weighted by molar-refractivity contribution is 0.122. The summed E-state index contributed by atoms with van der Waals surface area (Å²) >= 11 is 0. The highest BCUT2D eigenvalue weighted by Crippen LogP contribution is 2.32. The van der Waals surface area contributed by atoms with Gasteiger partial charge in [0.1, 0.15) is 0 Å². The predicted molar refractivity (Wildman–Crippen MR) is 69.7 cm³/mol. The number of hydrogen-bond donors (Lipinski definition) is 1. The Kier molecular flexibility index (Phi) is 3.60. The number of piperazine rings is 1. The molecule has 94 valence electrons. The average molecular weight is 224 g/mol. The molecule has 16 heavy (non-hydrogen) atoms. The van der Waals surface area contributed by atoms with Crippen LogP contribution in [-0.4, -0.2) is 36.6 Å². The highest BCUT2D eigenvalue weighted by molar-refractivity contribution is 4.98. The smallest absolute Gasteiger partial charge is 0.0309 e. The van der Waals surface area contributed by atoms with E-state index in [1.165, 1.54) is 58.3 Å². The Hall–Kier alpha value is -0.0800. The molecule has 2 heteroatoms. The zero-order chi connectivity index (χ0) is 11.6. The van der Waals surface area contributed by atoms with Crippen molar-refractivity contribution in [3.63, 3.8) is 0 Å². The van der Waals surface area contributed by atoms with E-state index in [9.17, 15) is 0 Å². The number of hydrogen-bond acceptors (Lipinski definition) is 2. The van der Waals surface area contributed by atoms with E-state index in [4.69, 9.17) is 0 Å². The Morgan fingerprint density at radius 2 is 1.88 bits per heavy atom. The molecule has 1 N–H and O–H groups in total. The van der Waals surface area contributed by atoms with E-state index in [1.54, 1.807) is 0 Å². The molecule has 0 aromatic rings. The van der Waals surface area contributed by atoms with Crippen LogP contribution in [-0.2, 0) is 0 Å². The van der Waals surface area contributed by atoms with Gasteiger partial charge in [0, 0.05) is 25.2 Å². The second kappa shape index (κ2) is 4.66. The molecule has 0 aromatic carbocycles. The van der Waals surface area contributed by atoms with Crippen molar-refractivity contribution in [3.8, 4) is 0 Å². The molecule has 0 unspecified atom stereocenters. The molecule has 2 aliphatic rings. The topological polar surface area (TPSA) is 15.3 Å². The molecule has 0 amide bonds. The van der Waals surface area contributed by atoms with E-state index >= 15 is 0 Å². The maximum Gasteiger partial charge on any atom is 0.0309 e. The molecule has 0 aromatic heterocycles. The van der Waals surface area contributed by atoms with Crippen molar-refractivity contribution < 1.29 is 0 Å². The SMILES string of the molecule is CC(C)(C)CCN1CCNC2(CCCC2)C1. The molecule has 1 saturated heterocycles. The van der Waals surface area contributed by atoms with E-state index in [2.05, 4.69) is 31.0 Å². The molecule has 0 radical (unpaired) electrons. The monoisotopic (exact) mass is 224 g/mol. The second-order valence-corrected chi connectivity index (χ2v) is 7.00. The van der Waals surface area contributed by atoms with Gasteiger partial charge in [0.05, 0.1) is 0 Å². The molecule has 2 rings (SSSR count). The van der Waals surface area contributed by atoms with Crippen LogP contribution in [0.1, 0.15) is 52.9 Å². The molecule has 2 fully saturated rings. The first-order valence-electron chi connectivity index (χ1n) is 6.97. The van der Waals surface area contributed by atoms with E-state index in [-0.39, 0.29) is 0 Å². The minimum Gasteiger partial charge on any atom is -0.309 e. The molecular formula is C14H28N2. The predicted octanol–water partition coefficient (Wildman–Crippen LogP) is 2.64. The van der Waals surface area contributed by atoms with Gasteiger partial charge in [-0.2, -0.15) is 0 Å². The Balaban J connectivity index is 1.82. The normalized spacial score (nSPS) is 26.4. The van der Waals surface area contributed by atoms with Crippen LogP contribution in [0.4, 0.5) is 0 Å². The maximum absolute atomic E-state index is 3.78. The lowest BCUT2D eigenvalue weighted by atomic mass is 9.90. The van der Waals surface area contributed by atoms with E-state index in [1.807, 2.05) is 0 Å². The highest BCUT2D eigenvalue weighted by atomic mass is 15.2. The van der Waals surface area contributed by atoms with Gasteiger partial charge in [0.2, 0.25) is 0 Å². The van der Waals surface area contributed by atoms with Crippen LogP contribution >= 0.6 is 0 Å². The lowest BCUT2D eigenvalue weighted by Gasteiger charge is -2.42. The molecule has 1 saturated carbocycles. The Morgan fingerprint density at radius 3 is 2.50 bits per heavy atom. The van der Waals surface area contributed by atoms with E-state index in [0.717, 1.165) is 0 Å². The van der Waals surface area contributed by atoms with Gasteiger partial charge in [0.15, 0.2) is 0 Å². The van der Waals surface area contributed by atoms with Crippen LogP contribution in [0.3, 0.4) is 0 Å². The molecular weight excluding hydrogens is 196 g/mol. The first kappa shape index (κ1) is 12.4. The Morgan fingerprint density at radius 1 is 1.19 bits per heavy atom. The second-order valence-electron chi connectivity index (χ2n) is 7.00.